The summed E-state index contributed by atoms with van der Waals surface area (Å²) in [6.45, 7) is 0.543. The molecule has 0 N–H and O–H groups in total. The zero-order valence-corrected chi connectivity index (χ0v) is 9.44. The topological polar surface area (TPSA) is 52.4 Å². The molecular formula is C11H12ClNO3. The van der Waals surface area contributed by atoms with E-state index >= 15 is 0 Å². The molecule has 1 aliphatic rings. The Bertz CT molecular complexity index is 404. The summed E-state index contributed by atoms with van der Waals surface area (Å²) < 4.78 is 5.46. The highest BCUT2D eigenvalue weighted by molar-refractivity contribution is 6.30. The van der Waals surface area contributed by atoms with Crippen LogP contribution in [0, 0.1) is 16.0 Å². The largest absolute Gasteiger partial charge is 0.486 e. The van der Waals surface area contributed by atoms with Crippen LogP contribution in [0.2, 0.25) is 5.02 Å². The molecule has 0 spiro atoms. The van der Waals surface area contributed by atoms with E-state index in [2.05, 4.69) is 0 Å². The van der Waals surface area contributed by atoms with Crippen molar-refractivity contribution in [3.63, 3.8) is 0 Å². The van der Waals surface area contributed by atoms with Crippen molar-refractivity contribution >= 4 is 17.3 Å². The molecule has 0 amide bonds. The molecule has 0 bridgehead atoms. The first-order valence-electron chi connectivity index (χ1n) is 5.23. The number of benzene rings is 1. The van der Waals surface area contributed by atoms with E-state index in [1.54, 1.807) is 0 Å². The fourth-order valence-corrected chi connectivity index (χ4v) is 1.78. The minimum absolute atomic E-state index is 0.0243. The number of hydrogen-bond donors (Lipinski definition) is 0. The second-order valence-electron chi connectivity index (χ2n) is 3.98. The van der Waals surface area contributed by atoms with E-state index < -0.39 is 4.92 Å². The van der Waals surface area contributed by atoms with Crippen molar-refractivity contribution in [3.05, 3.63) is 33.3 Å². The van der Waals surface area contributed by atoms with Gasteiger partial charge in [0, 0.05) is 17.2 Å². The Balaban J connectivity index is 2.09. The quantitative estimate of drug-likeness (QED) is 0.599. The number of nitro groups is 1. The molecule has 0 aliphatic heterocycles. The predicted molar refractivity (Wildman–Crippen MR) is 60.9 cm³/mol. The SMILES string of the molecule is O=[N+]([O-])c1ccc(Cl)cc1OCC1CCC1. The van der Waals surface area contributed by atoms with Gasteiger partial charge >= 0.3 is 5.69 Å². The van der Waals surface area contributed by atoms with Crippen LogP contribution in [0.1, 0.15) is 19.3 Å². The Morgan fingerprint density at radius 1 is 1.50 bits per heavy atom. The molecular weight excluding hydrogens is 230 g/mol. The average molecular weight is 242 g/mol. The number of rotatable bonds is 4. The Morgan fingerprint density at radius 2 is 2.25 bits per heavy atom. The van der Waals surface area contributed by atoms with Gasteiger partial charge in [-0.05, 0) is 24.8 Å². The molecule has 0 unspecified atom stereocenters. The van der Waals surface area contributed by atoms with E-state index in [0.29, 0.717) is 17.5 Å². The number of nitro benzene ring substituents is 1. The second kappa shape index (κ2) is 4.70. The molecule has 4 nitrogen and oxygen atoms in total. The fraction of sp³-hybridized carbons (Fsp3) is 0.455. The van der Waals surface area contributed by atoms with Gasteiger partial charge in [-0.25, -0.2) is 0 Å². The van der Waals surface area contributed by atoms with Gasteiger partial charge in [-0.1, -0.05) is 18.0 Å². The molecule has 1 aromatic carbocycles. The number of halogens is 1. The van der Waals surface area contributed by atoms with E-state index in [4.69, 9.17) is 16.3 Å². The minimum atomic E-state index is -0.452. The third-order valence-corrected chi connectivity index (χ3v) is 3.05. The van der Waals surface area contributed by atoms with Gasteiger partial charge in [-0.2, -0.15) is 0 Å². The fourth-order valence-electron chi connectivity index (χ4n) is 1.62. The molecule has 0 saturated heterocycles. The molecule has 1 aromatic rings. The monoisotopic (exact) mass is 241 g/mol. The molecule has 1 fully saturated rings. The number of ether oxygens (including phenoxy) is 1. The summed E-state index contributed by atoms with van der Waals surface area (Å²) in [6.07, 6.45) is 3.52. The van der Waals surface area contributed by atoms with Gasteiger partial charge in [0.1, 0.15) is 0 Å². The Labute approximate surface area is 98.3 Å². The van der Waals surface area contributed by atoms with Crippen molar-refractivity contribution in [2.75, 3.05) is 6.61 Å². The molecule has 2 rings (SSSR count). The van der Waals surface area contributed by atoms with Gasteiger partial charge in [0.2, 0.25) is 0 Å². The van der Waals surface area contributed by atoms with Gasteiger partial charge in [-0.3, -0.25) is 10.1 Å². The lowest BCUT2D eigenvalue weighted by atomic mass is 9.86. The zero-order chi connectivity index (χ0) is 11.5. The third kappa shape index (κ3) is 2.44. The van der Waals surface area contributed by atoms with Gasteiger partial charge in [0.25, 0.3) is 0 Å². The van der Waals surface area contributed by atoms with Crippen LogP contribution >= 0.6 is 11.6 Å². The molecule has 0 heterocycles. The van der Waals surface area contributed by atoms with E-state index in [1.807, 2.05) is 0 Å². The van der Waals surface area contributed by atoms with Crippen LogP contribution in [0.3, 0.4) is 0 Å². The summed E-state index contributed by atoms with van der Waals surface area (Å²) in [7, 11) is 0. The van der Waals surface area contributed by atoms with Gasteiger partial charge < -0.3 is 4.74 Å². The van der Waals surface area contributed by atoms with E-state index in [-0.39, 0.29) is 11.4 Å². The standard InChI is InChI=1S/C11H12ClNO3/c12-9-4-5-10(13(14)15)11(6-9)16-7-8-2-1-3-8/h4-6,8H,1-3,7H2. The first-order chi connectivity index (χ1) is 7.66. The molecule has 0 radical (unpaired) electrons. The van der Waals surface area contributed by atoms with Gasteiger partial charge in [-0.15, -0.1) is 0 Å². The number of nitrogens with zero attached hydrogens (tertiary/aromatic N) is 1. The normalized spacial score (nSPS) is 15.6. The van der Waals surface area contributed by atoms with Crippen LogP contribution in [0.4, 0.5) is 5.69 Å². The maximum Gasteiger partial charge on any atom is 0.311 e. The van der Waals surface area contributed by atoms with Crippen LogP contribution in [0.5, 0.6) is 5.75 Å². The highest BCUT2D eigenvalue weighted by Gasteiger charge is 2.21. The smallest absolute Gasteiger partial charge is 0.311 e. The summed E-state index contributed by atoms with van der Waals surface area (Å²) in [4.78, 5) is 10.3. The maximum absolute atomic E-state index is 10.7. The first kappa shape index (κ1) is 11.2. The lowest BCUT2D eigenvalue weighted by Crippen LogP contribution is -2.19. The van der Waals surface area contributed by atoms with E-state index in [0.717, 1.165) is 12.8 Å². The number of hydrogen-bond acceptors (Lipinski definition) is 3. The molecule has 1 saturated carbocycles. The summed E-state index contributed by atoms with van der Waals surface area (Å²) in [5, 5.41) is 11.2. The molecule has 5 heteroatoms. The lowest BCUT2D eigenvalue weighted by Gasteiger charge is -2.24. The van der Waals surface area contributed by atoms with Crippen molar-refractivity contribution in [1.29, 1.82) is 0 Å². The van der Waals surface area contributed by atoms with Crippen LogP contribution < -0.4 is 4.74 Å². The van der Waals surface area contributed by atoms with E-state index in [1.165, 1.54) is 24.6 Å². The second-order valence-corrected chi connectivity index (χ2v) is 4.41. The van der Waals surface area contributed by atoms with Gasteiger partial charge in [0.05, 0.1) is 11.5 Å². The summed E-state index contributed by atoms with van der Waals surface area (Å²) >= 11 is 5.78. The molecule has 16 heavy (non-hydrogen) atoms. The maximum atomic E-state index is 10.7. The van der Waals surface area contributed by atoms with Crippen molar-refractivity contribution in [2.24, 2.45) is 5.92 Å². The molecule has 0 atom stereocenters. The average Bonchev–Trinajstić information content (AvgIpc) is 2.14. The highest BCUT2D eigenvalue weighted by atomic mass is 35.5. The molecule has 86 valence electrons. The zero-order valence-electron chi connectivity index (χ0n) is 8.69. The highest BCUT2D eigenvalue weighted by Crippen LogP contribution is 2.32. The Morgan fingerprint density at radius 3 is 2.81 bits per heavy atom. The van der Waals surface area contributed by atoms with Crippen molar-refractivity contribution in [3.8, 4) is 5.75 Å². The molecule has 1 aliphatic carbocycles. The van der Waals surface area contributed by atoms with Crippen LogP contribution in [-0.4, -0.2) is 11.5 Å². The summed E-state index contributed by atoms with van der Waals surface area (Å²) in [5.74, 6) is 0.808. The Kier molecular flexibility index (Phi) is 3.29. The first-order valence-corrected chi connectivity index (χ1v) is 5.61. The predicted octanol–water partition coefficient (Wildman–Crippen LogP) is 3.43. The van der Waals surface area contributed by atoms with Gasteiger partial charge in [0.15, 0.2) is 5.75 Å². The van der Waals surface area contributed by atoms with Crippen LogP contribution in [-0.2, 0) is 0 Å². The van der Waals surface area contributed by atoms with Crippen LogP contribution in [0.25, 0.3) is 0 Å². The third-order valence-electron chi connectivity index (χ3n) is 2.82. The molecule has 0 aromatic heterocycles. The van der Waals surface area contributed by atoms with E-state index in [9.17, 15) is 10.1 Å². The summed E-state index contributed by atoms with van der Waals surface area (Å²) in [5.41, 5.74) is -0.0243. The summed E-state index contributed by atoms with van der Waals surface area (Å²) in [6, 6.07) is 4.37. The van der Waals surface area contributed by atoms with Crippen LogP contribution in [0.15, 0.2) is 18.2 Å². The van der Waals surface area contributed by atoms with Crippen molar-refractivity contribution in [1.82, 2.24) is 0 Å². The van der Waals surface area contributed by atoms with Crippen molar-refractivity contribution < 1.29 is 9.66 Å². The minimum Gasteiger partial charge on any atom is -0.486 e. The Hall–Kier alpha value is -1.29. The van der Waals surface area contributed by atoms with Crippen molar-refractivity contribution in [2.45, 2.75) is 19.3 Å². The lowest BCUT2D eigenvalue weighted by molar-refractivity contribution is -0.385.